The quantitative estimate of drug-likeness (QED) is 0.591. The van der Waals surface area contributed by atoms with E-state index < -0.39 is 10.0 Å². The van der Waals surface area contributed by atoms with Gasteiger partial charge in [0.15, 0.2) is 0 Å². The van der Waals surface area contributed by atoms with Crippen molar-refractivity contribution >= 4 is 38.0 Å². The lowest BCUT2D eigenvalue weighted by Crippen LogP contribution is -2.43. The van der Waals surface area contributed by atoms with Gasteiger partial charge in [-0.2, -0.15) is 0 Å². The summed E-state index contributed by atoms with van der Waals surface area (Å²) in [5.74, 6) is 0.180. The Morgan fingerprint density at radius 1 is 1.25 bits per heavy atom. The minimum Gasteiger partial charge on any atom is -0.480 e. The fraction of sp³-hybridized carbons (Fsp3) is 0.318. The van der Waals surface area contributed by atoms with E-state index in [0.717, 1.165) is 28.4 Å². The largest absolute Gasteiger partial charge is 0.480 e. The van der Waals surface area contributed by atoms with Crippen LogP contribution in [0.25, 0.3) is 26.9 Å². The number of nitrogens with zero attached hydrogens (tertiary/aromatic N) is 4. The van der Waals surface area contributed by atoms with Gasteiger partial charge in [-0.3, -0.25) is 9.71 Å². The summed E-state index contributed by atoms with van der Waals surface area (Å²) in [5.41, 5.74) is 3.85. The van der Waals surface area contributed by atoms with E-state index in [4.69, 9.17) is 16.0 Å². The molecule has 32 heavy (non-hydrogen) atoms. The maximum Gasteiger partial charge on any atom is 0.238 e. The lowest BCUT2D eigenvalue weighted by atomic mass is 10.0. The molecule has 166 valence electrons. The number of nitrogens with one attached hydrogen (secondary N) is 1. The molecule has 4 rings (SSSR count). The monoisotopic (exact) mass is 453 g/mol. The molecule has 9 nitrogen and oxygen atoms in total. The first-order chi connectivity index (χ1) is 15.3. The summed E-state index contributed by atoms with van der Waals surface area (Å²) in [6, 6.07) is 7.54. The van der Waals surface area contributed by atoms with Gasteiger partial charge in [0.25, 0.3) is 0 Å². The molecule has 1 aliphatic heterocycles. The number of morpholine rings is 1. The summed E-state index contributed by atoms with van der Waals surface area (Å²) >= 11 is 0. The van der Waals surface area contributed by atoms with Gasteiger partial charge in [0, 0.05) is 35.9 Å². The Kier molecular flexibility index (Phi) is 5.86. The average Bonchev–Trinajstić information content (AvgIpc) is 2.77. The fourth-order valence-corrected chi connectivity index (χ4v) is 4.38. The zero-order valence-electron chi connectivity index (χ0n) is 18.0. The van der Waals surface area contributed by atoms with Gasteiger partial charge < -0.3 is 14.4 Å². The number of fused-ring (bicyclic) bond motifs is 1. The molecule has 1 aromatic carbocycles. The molecular weight excluding hydrogens is 430 g/mol. The van der Waals surface area contributed by atoms with Crippen molar-refractivity contribution in [3.05, 3.63) is 48.1 Å². The van der Waals surface area contributed by atoms with Gasteiger partial charge in [0.05, 0.1) is 44.4 Å². The number of sulfonamides is 1. The normalized spacial score (nSPS) is 16.6. The first kappa shape index (κ1) is 21.8. The second-order valence-corrected chi connectivity index (χ2v) is 9.36. The number of pyridine rings is 2. The highest BCUT2D eigenvalue weighted by atomic mass is 32.2. The van der Waals surface area contributed by atoms with Gasteiger partial charge in [0.1, 0.15) is 5.69 Å². The van der Waals surface area contributed by atoms with Crippen molar-refractivity contribution in [3.63, 3.8) is 0 Å². The Morgan fingerprint density at radius 2 is 2.06 bits per heavy atom. The van der Waals surface area contributed by atoms with Crippen molar-refractivity contribution in [2.75, 3.05) is 42.7 Å². The molecule has 10 heteroatoms. The Hall–Kier alpha value is -3.42. The molecule has 0 radical (unpaired) electrons. The lowest BCUT2D eigenvalue weighted by Gasteiger charge is -2.36. The third-order valence-corrected chi connectivity index (χ3v) is 5.86. The summed E-state index contributed by atoms with van der Waals surface area (Å²) in [5, 5.41) is 0.846. The van der Waals surface area contributed by atoms with Crippen molar-refractivity contribution in [3.8, 4) is 17.0 Å². The first-order valence-corrected chi connectivity index (χ1v) is 11.9. The summed E-state index contributed by atoms with van der Waals surface area (Å²) in [7, 11) is -2.08. The van der Waals surface area contributed by atoms with Crippen molar-refractivity contribution in [2.24, 2.45) is 0 Å². The maximum absolute atomic E-state index is 11.8. The van der Waals surface area contributed by atoms with Gasteiger partial charge in [-0.15, -0.1) is 0 Å². The van der Waals surface area contributed by atoms with Crippen molar-refractivity contribution in [2.45, 2.75) is 13.0 Å². The molecule has 3 aromatic rings. The third kappa shape index (κ3) is 4.30. The molecule has 3 heterocycles. The van der Waals surface area contributed by atoms with Crippen LogP contribution in [0.4, 0.5) is 17.1 Å². The number of methoxy groups -OCH3 is 1. The number of hydrogen-bond acceptors (Lipinski definition) is 7. The van der Waals surface area contributed by atoms with E-state index in [1.807, 2.05) is 18.2 Å². The fourth-order valence-electron chi connectivity index (χ4n) is 3.84. The van der Waals surface area contributed by atoms with E-state index in [9.17, 15) is 8.42 Å². The highest BCUT2D eigenvalue weighted by Crippen LogP contribution is 2.39. The minimum atomic E-state index is -3.51. The molecule has 1 aliphatic rings. The Balaban J connectivity index is 1.88. The van der Waals surface area contributed by atoms with Crippen LogP contribution in [0, 0.1) is 6.57 Å². The second kappa shape index (κ2) is 8.61. The summed E-state index contributed by atoms with van der Waals surface area (Å²) < 4.78 is 36.7. The topological polar surface area (TPSA) is 98.0 Å². The van der Waals surface area contributed by atoms with Crippen LogP contribution in [-0.4, -0.2) is 57.6 Å². The zero-order valence-corrected chi connectivity index (χ0v) is 18.8. The van der Waals surface area contributed by atoms with Crippen LogP contribution in [0.3, 0.4) is 0 Å². The summed E-state index contributed by atoms with van der Waals surface area (Å²) in [6.45, 7) is 11.6. The third-order valence-electron chi connectivity index (χ3n) is 5.27. The van der Waals surface area contributed by atoms with Gasteiger partial charge >= 0.3 is 0 Å². The molecule has 0 unspecified atom stereocenters. The van der Waals surface area contributed by atoms with Crippen LogP contribution in [-0.2, 0) is 14.8 Å². The van der Waals surface area contributed by atoms with Crippen molar-refractivity contribution < 1.29 is 17.9 Å². The summed E-state index contributed by atoms with van der Waals surface area (Å²) in [4.78, 5) is 14.6. The molecular formula is C22H23N5O4S. The molecule has 0 amide bonds. The Morgan fingerprint density at radius 3 is 2.75 bits per heavy atom. The van der Waals surface area contributed by atoms with Gasteiger partial charge in [0.2, 0.25) is 21.6 Å². The van der Waals surface area contributed by atoms with E-state index in [1.165, 1.54) is 7.11 Å². The second-order valence-electron chi connectivity index (χ2n) is 7.61. The molecule has 1 fully saturated rings. The minimum absolute atomic E-state index is 0.117. The van der Waals surface area contributed by atoms with E-state index in [0.29, 0.717) is 31.0 Å². The number of aromatic nitrogens is 2. The van der Waals surface area contributed by atoms with Crippen molar-refractivity contribution in [1.82, 2.24) is 9.97 Å². The van der Waals surface area contributed by atoms with E-state index in [-0.39, 0.29) is 17.6 Å². The standard InChI is InChI=1S/C22H23N5O4S/c1-14-13-31-8-7-27(14)21-17-9-15(5-6-18(17)24-12-20(21)23-2)16-10-19(26-32(4,28)29)22(30-3)25-11-16/h5-6,9-12,14,26H,7-8,13H2,1,3-4H3/t14-/m1/s1. The molecule has 2 aromatic heterocycles. The number of rotatable bonds is 5. The molecule has 1 saturated heterocycles. The van der Waals surface area contributed by atoms with E-state index >= 15 is 0 Å². The smallest absolute Gasteiger partial charge is 0.238 e. The zero-order chi connectivity index (χ0) is 22.9. The number of hydrogen-bond donors (Lipinski definition) is 1. The van der Waals surface area contributed by atoms with Crippen molar-refractivity contribution in [1.29, 1.82) is 0 Å². The van der Waals surface area contributed by atoms with Crippen LogP contribution in [0.5, 0.6) is 5.88 Å². The first-order valence-electron chi connectivity index (χ1n) is 9.97. The Bertz CT molecular complexity index is 1320. The summed E-state index contributed by atoms with van der Waals surface area (Å²) in [6.07, 6.45) is 4.30. The number of anilines is 2. The molecule has 1 atom stereocenters. The van der Waals surface area contributed by atoms with Crippen LogP contribution in [0.2, 0.25) is 0 Å². The van der Waals surface area contributed by atoms with Crippen LogP contribution in [0.15, 0.2) is 36.7 Å². The molecule has 0 aliphatic carbocycles. The molecule has 0 saturated carbocycles. The molecule has 0 spiro atoms. The number of ether oxygens (including phenoxy) is 2. The predicted molar refractivity (Wildman–Crippen MR) is 124 cm³/mol. The molecule has 1 N–H and O–H groups in total. The van der Waals surface area contributed by atoms with Crippen LogP contribution in [0.1, 0.15) is 6.92 Å². The van der Waals surface area contributed by atoms with Crippen LogP contribution < -0.4 is 14.4 Å². The average molecular weight is 454 g/mol. The predicted octanol–water partition coefficient (Wildman–Crippen LogP) is 3.45. The highest BCUT2D eigenvalue weighted by molar-refractivity contribution is 7.92. The van der Waals surface area contributed by atoms with E-state index in [2.05, 4.69) is 31.4 Å². The van der Waals surface area contributed by atoms with Gasteiger partial charge in [-0.05, 0) is 30.7 Å². The Labute approximate surface area is 186 Å². The highest BCUT2D eigenvalue weighted by Gasteiger charge is 2.24. The lowest BCUT2D eigenvalue weighted by molar-refractivity contribution is 0.0991. The van der Waals surface area contributed by atoms with Crippen LogP contribution >= 0.6 is 0 Å². The van der Waals surface area contributed by atoms with E-state index in [1.54, 1.807) is 18.5 Å². The maximum atomic E-state index is 11.8. The number of benzene rings is 1. The van der Waals surface area contributed by atoms with Gasteiger partial charge in [-0.1, -0.05) is 6.07 Å². The molecule has 0 bridgehead atoms. The van der Waals surface area contributed by atoms with Gasteiger partial charge in [-0.25, -0.2) is 18.2 Å². The SMILES string of the molecule is [C-]#[N+]c1cnc2ccc(-c3cnc(OC)c(NS(C)(=O)=O)c3)cc2c1N1CCOC[C@H]1C.